The monoisotopic (exact) mass is 433 g/mol. The van der Waals surface area contributed by atoms with E-state index in [-0.39, 0.29) is 37.7 Å². The number of rotatable bonds is 19. The minimum Gasteiger partial charge on any atom is -0.480 e. The highest BCUT2D eigenvalue weighted by molar-refractivity contribution is 5.85. The molecule has 0 aliphatic rings. The molecule has 0 aliphatic carbocycles. The number of carbonyl (C=O) groups is 4. The van der Waals surface area contributed by atoms with Gasteiger partial charge in [0.2, 0.25) is 11.8 Å². The lowest BCUT2D eigenvalue weighted by atomic mass is 10.1. The molecule has 0 rings (SSSR count). The Labute approximate surface area is 176 Å². The average molecular weight is 434 g/mol. The van der Waals surface area contributed by atoms with Gasteiger partial charge < -0.3 is 35.6 Å². The highest BCUT2D eigenvalue weighted by Crippen LogP contribution is 2.02. The van der Waals surface area contributed by atoms with Crippen LogP contribution in [0.25, 0.3) is 0 Å². The SMILES string of the molecule is CCOCCOCC(=O)N[C@@H](CCC(=O)NCCCC[C@H](NC)C(=O)CO)C(=O)O. The molecule has 0 aliphatic heterocycles. The van der Waals surface area contributed by atoms with Crippen LogP contribution in [0.1, 0.15) is 39.0 Å². The molecule has 0 bridgehead atoms. The molecule has 0 unspecified atom stereocenters. The van der Waals surface area contributed by atoms with Gasteiger partial charge in [-0.1, -0.05) is 0 Å². The molecule has 0 spiro atoms. The van der Waals surface area contributed by atoms with E-state index in [1.165, 1.54) is 0 Å². The minimum atomic E-state index is -1.22. The van der Waals surface area contributed by atoms with Crippen molar-refractivity contribution in [3.8, 4) is 0 Å². The smallest absolute Gasteiger partial charge is 0.326 e. The second-order valence-corrected chi connectivity index (χ2v) is 6.56. The van der Waals surface area contributed by atoms with Crippen molar-refractivity contribution in [2.24, 2.45) is 0 Å². The molecule has 0 radical (unpaired) electrons. The molecule has 11 heteroatoms. The number of amides is 2. The molecule has 0 aromatic heterocycles. The van der Waals surface area contributed by atoms with E-state index in [2.05, 4.69) is 16.0 Å². The summed E-state index contributed by atoms with van der Waals surface area (Å²) in [6.07, 6.45) is 1.77. The third-order valence-corrected chi connectivity index (χ3v) is 4.24. The summed E-state index contributed by atoms with van der Waals surface area (Å²) in [6, 6.07) is -1.59. The fourth-order valence-electron chi connectivity index (χ4n) is 2.56. The molecule has 0 aromatic carbocycles. The Morgan fingerprint density at radius 3 is 2.27 bits per heavy atom. The number of ether oxygens (including phenoxy) is 2. The van der Waals surface area contributed by atoms with Crippen LogP contribution in [0.5, 0.6) is 0 Å². The van der Waals surface area contributed by atoms with Crippen molar-refractivity contribution in [2.75, 3.05) is 46.6 Å². The Morgan fingerprint density at radius 1 is 0.967 bits per heavy atom. The van der Waals surface area contributed by atoms with Crippen molar-refractivity contribution < 1.29 is 38.9 Å². The van der Waals surface area contributed by atoms with Gasteiger partial charge in [-0.3, -0.25) is 14.4 Å². The summed E-state index contributed by atoms with van der Waals surface area (Å²) in [4.78, 5) is 46.3. The van der Waals surface area contributed by atoms with Crippen molar-refractivity contribution in [1.29, 1.82) is 0 Å². The number of aliphatic carboxylic acids is 1. The van der Waals surface area contributed by atoms with Gasteiger partial charge in [0.25, 0.3) is 0 Å². The summed E-state index contributed by atoms with van der Waals surface area (Å²) in [5.74, 6) is -2.39. The quantitative estimate of drug-likeness (QED) is 0.158. The minimum absolute atomic E-state index is 0.0430. The van der Waals surface area contributed by atoms with Gasteiger partial charge in [0.05, 0.1) is 19.3 Å². The highest BCUT2D eigenvalue weighted by Gasteiger charge is 2.21. The van der Waals surface area contributed by atoms with Gasteiger partial charge >= 0.3 is 5.97 Å². The number of aliphatic hydroxyl groups is 1. The fraction of sp³-hybridized carbons (Fsp3) is 0.789. The van der Waals surface area contributed by atoms with Crippen LogP contribution in [0.2, 0.25) is 0 Å². The van der Waals surface area contributed by atoms with Crippen molar-refractivity contribution in [1.82, 2.24) is 16.0 Å². The second-order valence-electron chi connectivity index (χ2n) is 6.56. The number of hydrogen-bond donors (Lipinski definition) is 5. The Hall–Kier alpha value is -2.08. The highest BCUT2D eigenvalue weighted by atomic mass is 16.5. The summed E-state index contributed by atoms with van der Waals surface area (Å²) in [7, 11) is 1.64. The number of aliphatic hydroxyl groups excluding tert-OH is 1. The van der Waals surface area contributed by atoms with E-state index in [1.807, 2.05) is 6.92 Å². The first kappa shape index (κ1) is 27.9. The maximum atomic E-state index is 11.9. The van der Waals surface area contributed by atoms with Crippen LogP contribution >= 0.6 is 0 Å². The summed E-state index contributed by atoms with van der Waals surface area (Å²) < 4.78 is 10.1. The van der Waals surface area contributed by atoms with Crippen LogP contribution in [0.4, 0.5) is 0 Å². The number of likely N-dealkylation sites (N-methyl/N-ethyl adjacent to an activating group) is 1. The third kappa shape index (κ3) is 14.0. The molecule has 0 fully saturated rings. The zero-order valence-corrected chi connectivity index (χ0v) is 17.8. The lowest BCUT2D eigenvalue weighted by molar-refractivity contribution is -0.143. The lowest BCUT2D eigenvalue weighted by Gasteiger charge is -2.15. The van der Waals surface area contributed by atoms with Crippen LogP contribution in [0.3, 0.4) is 0 Å². The first-order valence-electron chi connectivity index (χ1n) is 10.1. The molecule has 11 nitrogen and oxygen atoms in total. The van der Waals surface area contributed by atoms with Crippen LogP contribution in [0.15, 0.2) is 0 Å². The van der Waals surface area contributed by atoms with Crippen molar-refractivity contribution in [3.63, 3.8) is 0 Å². The first-order chi connectivity index (χ1) is 14.3. The Kier molecular flexibility index (Phi) is 16.5. The number of carboxylic acid groups (broad SMARTS) is 1. The molecule has 0 saturated heterocycles. The van der Waals surface area contributed by atoms with Crippen molar-refractivity contribution in [2.45, 2.75) is 51.1 Å². The van der Waals surface area contributed by atoms with Crippen molar-refractivity contribution in [3.05, 3.63) is 0 Å². The Balaban J connectivity index is 4.03. The van der Waals surface area contributed by atoms with Crippen molar-refractivity contribution >= 4 is 23.6 Å². The van der Waals surface area contributed by atoms with E-state index >= 15 is 0 Å². The second kappa shape index (κ2) is 17.8. The van der Waals surface area contributed by atoms with Gasteiger partial charge in [0.1, 0.15) is 19.3 Å². The number of hydrogen-bond acceptors (Lipinski definition) is 8. The Bertz CT molecular complexity index is 530. The lowest BCUT2D eigenvalue weighted by Crippen LogP contribution is -2.43. The number of nitrogens with one attached hydrogen (secondary N) is 3. The molecule has 174 valence electrons. The van der Waals surface area contributed by atoms with Crippen LogP contribution in [-0.2, 0) is 28.7 Å². The molecular formula is C19H35N3O8. The van der Waals surface area contributed by atoms with E-state index in [4.69, 9.17) is 14.6 Å². The summed E-state index contributed by atoms with van der Waals surface area (Å²) in [6.45, 7) is 2.54. The Morgan fingerprint density at radius 2 is 1.67 bits per heavy atom. The third-order valence-electron chi connectivity index (χ3n) is 4.24. The predicted octanol–water partition coefficient (Wildman–Crippen LogP) is -1.17. The molecule has 0 aromatic rings. The van der Waals surface area contributed by atoms with Crippen LogP contribution in [-0.4, -0.2) is 92.5 Å². The van der Waals surface area contributed by atoms with E-state index in [0.29, 0.717) is 39.0 Å². The van der Waals surface area contributed by atoms with Gasteiger partial charge in [0, 0.05) is 19.6 Å². The summed E-state index contributed by atoms with van der Waals surface area (Å²) >= 11 is 0. The van der Waals surface area contributed by atoms with Gasteiger partial charge in [-0.15, -0.1) is 0 Å². The summed E-state index contributed by atoms with van der Waals surface area (Å²) in [5, 5.41) is 25.9. The number of carboxylic acids is 1. The maximum Gasteiger partial charge on any atom is 0.326 e. The topological polar surface area (TPSA) is 163 Å². The number of unbranched alkanes of at least 4 members (excludes halogenated alkanes) is 1. The molecule has 5 N–H and O–H groups in total. The van der Waals surface area contributed by atoms with Crippen LogP contribution < -0.4 is 16.0 Å². The standard InChI is InChI=1S/C19H35N3O8/c1-3-29-10-11-30-13-18(26)22-15(19(27)28)7-8-17(25)21-9-5-4-6-14(20-2)16(24)12-23/h14-15,20,23H,3-13H2,1-2H3,(H,21,25)(H,22,26)(H,27,28)/t14-,15-/m0/s1. The van der Waals surface area contributed by atoms with Crippen LogP contribution in [0, 0.1) is 0 Å². The molecule has 2 amide bonds. The zero-order valence-electron chi connectivity index (χ0n) is 17.8. The number of carbonyl (C=O) groups excluding carboxylic acids is 3. The summed E-state index contributed by atoms with van der Waals surface area (Å²) in [5.41, 5.74) is 0. The van der Waals surface area contributed by atoms with Gasteiger partial charge in [-0.05, 0) is 39.7 Å². The largest absolute Gasteiger partial charge is 0.480 e. The van der Waals surface area contributed by atoms with Gasteiger partial charge in [0.15, 0.2) is 5.78 Å². The molecular weight excluding hydrogens is 398 g/mol. The van der Waals surface area contributed by atoms with Gasteiger partial charge in [-0.2, -0.15) is 0 Å². The average Bonchev–Trinajstić information content (AvgIpc) is 2.72. The molecule has 2 atom stereocenters. The van der Waals surface area contributed by atoms with E-state index in [0.717, 1.165) is 0 Å². The molecule has 0 saturated carbocycles. The van der Waals surface area contributed by atoms with E-state index in [1.54, 1.807) is 7.05 Å². The first-order valence-corrected chi connectivity index (χ1v) is 10.1. The molecule has 30 heavy (non-hydrogen) atoms. The predicted molar refractivity (Wildman–Crippen MR) is 108 cm³/mol. The van der Waals surface area contributed by atoms with Gasteiger partial charge in [-0.25, -0.2) is 4.79 Å². The zero-order chi connectivity index (χ0) is 22.8. The number of ketones is 1. The maximum absolute atomic E-state index is 11.9. The fourth-order valence-corrected chi connectivity index (χ4v) is 2.56. The van der Waals surface area contributed by atoms with E-state index < -0.39 is 30.6 Å². The normalized spacial score (nSPS) is 12.8. The van der Waals surface area contributed by atoms with E-state index in [9.17, 15) is 24.3 Å². The molecule has 0 heterocycles. The number of Topliss-reactive ketones (excluding diaryl/α,β-unsaturated/α-hetero) is 1.